The average molecular weight is 382 g/mol. The summed E-state index contributed by atoms with van der Waals surface area (Å²) in [4.78, 5) is 12.2. The third kappa shape index (κ3) is 4.58. The molecule has 0 fully saturated rings. The zero-order valence-corrected chi connectivity index (χ0v) is 15.0. The van der Waals surface area contributed by atoms with Gasteiger partial charge in [0.2, 0.25) is 0 Å². The lowest BCUT2D eigenvalue weighted by molar-refractivity contribution is 0.0955. The zero-order chi connectivity index (χ0) is 17.6. The summed E-state index contributed by atoms with van der Waals surface area (Å²) in [6.45, 7) is 1.35. The van der Waals surface area contributed by atoms with E-state index < -0.39 is 0 Å². The van der Waals surface area contributed by atoms with Gasteiger partial charge in [0.15, 0.2) is 11.5 Å². The molecule has 1 amide bonds. The number of rotatable bonds is 6. The van der Waals surface area contributed by atoms with Crippen molar-refractivity contribution in [2.24, 2.45) is 0 Å². The van der Waals surface area contributed by atoms with Crippen molar-refractivity contribution in [3.63, 3.8) is 0 Å². The van der Waals surface area contributed by atoms with Crippen molar-refractivity contribution in [2.45, 2.75) is 5.75 Å². The van der Waals surface area contributed by atoms with Crippen molar-refractivity contribution in [3.8, 4) is 11.5 Å². The lowest BCUT2D eigenvalue weighted by Crippen LogP contribution is -2.26. The maximum Gasteiger partial charge on any atom is 0.251 e. The van der Waals surface area contributed by atoms with Crippen LogP contribution in [0.3, 0.4) is 0 Å². The molecule has 3 rings (SSSR count). The minimum atomic E-state index is -0.231. The van der Waals surface area contributed by atoms with Crippen molar-refractivity contribution in [1.82, 2.24) is 5.32 Å². The van der Waals surface area contributed by atoms with Crippen LogP contribution in [0.15, 0.2) is 36.4 Å². The van der Waals surface area contributed by atoms with Crippen LogP contribution >= 0.6 is 23.4 Å². The van der Waals surface area contributed by atoms with Gasteiger partial charge in [-0.2, -0.15) is 11.8 Å². The maximum atomic E-state index is 13.5. The molecule has 1 aliphatic rings. The van der Waals surface area contributed by atoms with Gasteiger partial charge in [-0.3, -0.25) is 4.79 Å². The molecule has 0 radical (unpaired) electrons. The number of hydrogen-bond acceptors (Lipinski definition) is 4. The van der Waals surface area contributed by atoms with Crippen molar-refractivity contribution in [2.75, 3.05) is 25.5 Å². The van der Waals surface area contributed by atoms with E-state index in [1.54, 1.807) is 36.0 Å². The maximum absolute atomic E-state index is 13.5. The Bertz CT molecular complexity index is 772. The minimum absolute atomic E-state index is 0.204. The SMILES string of the molecule is O=C(NCCSCc1ccccc1F)c1cc(Cl)c2c(c1)OCCO2. The van der Waals surface area contributed by atoms with Gasteiger partial charge in [0.1, 0.15) is 19.0 Å². The van der Waals surface area contributed by atoms with E-state index in [4.69, 9.17) is 21.1 Å². The van der Waals surface area contributed by atoms with Gasteiger partial charge >= 0.3 is 0 Å². The number of ether oxygens (including phenoxy) is 2. The van der Waals surface area contributed by atoms with E-state index in [0.29, 0.717) is 58.9 Å². The molecule has 0 spiro atoms. The highest BCUT2D eigenvalue weighted by atomic mass is 35.5. The summed E-state index contributed by atoms with van der Waals surface area (Å²) in [5.74, 6) is 1.77. The first-order chi connectivity index (χ1) is 12.1. The van der Waals surface area contributed by atoms with Gasteiger partial charge in [-0.15, -0.1) is 0 Å². The second-order valence-electron chi connectivity index (χ2n) is 5.38. The zero-order valence-electron chi connectivity index (χ0n) is 13.4. The van der Waals surface area contributed by atoms with Crippen LogP contribution in [0, 0.1) is 5.82 Å². The predicted molar refractivity (Wildman–Crippen MR) is 97.3 cm³/mol. The molecule has 0 aromatic heterocycles. The first kappa shape index (κ1) is 17.9. The molecule has 0 saturated heterocycles. The van der Waals surface area contributed by atoms with Crippen molar-refractivity contribution < 1.29 is 18.7 Å². The Morgan fingerprint density at radius 3 is 2.88 bits per heavy atom. The van der Waals surface area contributed by atoms with E-state index in [2.05, 4.69) is 5.32 Å². The van der Waals surface area contributed by atoms with Crippen LogP contribution < -0.4 is 14.8 Å². The Morgan fingerprint density at radius 2 is 2.04 bits per heavy atom. The lowest BCUT2D eigenvalue weighted by Gasteiger charge is -2.20. The largest absolute Gasteiger partial charge is 0.486 e. The molecule has 0 saturated carbocycles. The number of halogens is 2. The standard InChI is InChI=1S/C18H17ClFNO3S/c19-14-9-13(10-16-17(14)24-7-6-23-16)18(22)21-5-8-25-11-12-3-1-2-4-15(12)20/h1-4,9-10H,5-8,11H2,(H,21,22). The molecule has 132 valence electrons. The van der Waals surface area contributed by atoms with Crippen LogP contribution in [0.4, 0.5) is 4.39 Å². The van der Waals surface area contributed by atoms with E-state index in [1.807, 2.05) is 6.07 Å². The van der Waals surface area contributed by atoms with E-state index in [1.165, 1.54) is 6.07 Å². The lowest BCUT2D eigenvalue weighted by atomic mass is 10.2. The summed E-state index contributed by atoms with van der Waals surface area (Å²) in [6, 6.07) is 9.88. The fourth-order valence-corrected chi connectivity index (χ4v) is 3.49. The van der Waals surface area contributed by atoms with Crippen LogP contribution in [0.1, 0.15) is 15.9 Å². The molecule has 25 heavy (non-hydrogen) atoms. The van der Waals surface area contributed by atoms with Crippen LogP contribution in [-0.4, -0.2) is 31.4 Å². The summed E-state index contributed by atoms with van der Waals surface area (Å²) in [7, 11) is 0. The fraction of sp³-hybridized carbons (Fsp3) is 0.278. The molecule has 0 aliphatic carbocycles. The fourth-order valence-electron chi connectivity index (χ4n) is 2.38. The van der Waals surface area contributed by atoms with Crippen LogP contribution in [0.2, 0.25) is 5.02 Å². The molecule has 1 aliphatic heterocycles. The van der Waals surface area contributed by atoms with Gasteiger partial charge < -0.3 is 14.8 Å². The molecular weight excluding hydrogens is 365 g/mol. The number of carbonyl (C=O) groups is 1. The molecule has 1 heterocycles. The third-order valence-corrected chi connectivity index (χ3v) is 4.90. The van der Waals surface area contributed by atoms with Gasteiger partial charge in [-0.25, -0.2) is 4.39 Å². The Hall–Kier alpha value is -1.92. The topological polar surface area (TPSA) is 47.6 Å². The highest BCUT2D eigenvalue weighted by molar-refractivity contribution is 7.98. The minimum Gasteiger partial charge on any atom is -0.486 e. The highest BCUT2D eigenvalue weighted by Crippen LogP contribution is 2.38. The second kappa shape index (κ2) is 8.45. The van der Waals surface area contributed by atoms with Crippen LogP contribution in [-0.2, 0) is 5.75 Å². The number of benzene rings is 2. The van der Waals surface area contributed by atoms with Crippen molar-refractivity contribution in [1.29, 1.82) is 0 Å². The molecule has 4 nitrogen and oxygen atoms in total. The molecular formula is C18H17ClFNO3S. The summed E-state index contributed by atoms with van der Waals surface area (Å²) in [6.07, 6.45) is 0. The van der Waals surface area contributed by atoms with Gasteiger partial charge in [0.05, 0.1) is 5.02 Å². The van der Waals surface area contributed by atoms with Crippen molar-refractivity contribution >= 4 is 29.3 Å². The van der Waals surface area contributed by atoms with E-state index >= 15 is 0 Å². The normalized spacial score (nSPS) is 12.7. The Kier molecular flexibility index (Phi) is 6.04. The predicted octanol–water partition coefficient (Wildman–Crippen LogP) is 3.91. The second-order valence-corrected chi connectivity index (χ2v) is 6.89. The summed E-state index contributed by atoms with van der Waals surface area (Å²) < 4.78 is 24.4. The number of nitrogens with one attached hydrogen (secondary N) is 1. The number of thioether (sulfide) groups is 1. The quantitative estimate of drug-likeness (QED) is 0.770. The number of amides is 1. The molecule has 2 aromatic carbocycles. The Balaban J connectivity index is 1.48. The van der Waals surface area contributed by atoms with Gasteiger partial charge in [0, 0.05) is 23.6 Å². The summed E-state index contributed by atoms with van der Waals surface area (Å²) in [5.41, 5.74) is 1.09. The average Bonchev–Trinajstić information content (AvgIpc) is 2.62. The monoisotopic (exact) mass is 381 g/mol. The molecule has 0 atom stereocenters. The van der Waals surface area contributed by atoms with Crippen molar-refractivity contribution in [3.05, 3.63) is 58.4 Å². The number of carbonyl (C=O) groups excluding carboxylic acids is 1. The van der Waals surface area contributed by atoms with Gasteiger partial charge in [-0.1, -0.05) is 29.8 Å². The van der Waals surface area contributed by atoms with Gasteiger partial charge in [-0.05, 0) is 23.8 Å². The van der Waals surface area contributed by atoms with E-state index in [0.717, 1.165) is 0 Å². The summed E-state index contributed by atoms with van der Waals surface area (Å²) >= 11 is 7.69. The van der Waals surface area contributed by atoms with E-state index in [9.17, 15) is 9.18 Å². The van der Waals surface area contributed by atoms with Crippen LogP contribution in [0.5, 0.6) is 11.5 Å². The smallest absolute Gasteiger partial charge is 0.251 e. The molecule has 0 bridgehead atoms. The van der Waals surface area contributed by atoms with Gasteiger partial charge in [0.25, 0.3) is 5.91 Å². The van der Waals surface area contributed by atoms with E-state index in [-0.39, 0.29) is 11.7 Å². The van der Waals surface area contributed by atoms with Crippen LogP contribution in [0.25, 0.3) is 0 Å². The molecule has 7 heteroatoms. The Labute approximate surface area is 154 Å². The first-order valence-electron chi connectivity index (χ1n) is 7.83. The summed E-state index contributed by atoms with van der Waals surface area (Å²) in [5, 5.41) is 3.18. The molecule has 2 aromatic rings. The third-order valence-electron chi connectivity index (χ3n) is 3.61. The number of fused-ring (bicyclic) bond motifs is 1. The number of hydrogen-bond donors (Lipinski definition) is 1. The Morgan fingerprint density at radius 1 is 1.24 bits per heavy atom. The highest BCUT2D eigenvalue weighted by Gasteiger charge is 2.19. The first-order valence-corrected chi connectivity index (χ1v) is 9.37. The molecule has 0 unspecified atom stereocenters. The molecule has 1 N–H and O–H groups in total.